The first-order chi connectivity index (χ1) is 11.4. The number of nitriles is 1. The van der Waals surface area contributed by atoms with E-state index < -0.39 is 17.2 Å². The van der Waals surface area contributed by atoms with E-state index in [1.165, 1.54) is 18.2 Å². The monoisotopic (exact) mass is 347 g/mol. The second kappa shape index (κ2) is 5.79. The first-order valence-corrected chi connectivity index (χ1v) is 7.44. The summed E-state index contributed by atoms with van der Waals surface area (Å²) in [5.41, 5.74) is -0.0927. The zero-order valence-corrected chi connectivity index (χ0v) is 12.7. The van der Waals surface area contributed by atoms with Crippen molar-refractivity contribution in [3.63, 3.8) is 0 Å². The van der Waals surface area contributed by atoms with Gasteiger partial charge in [-0.25, -0.2) is 4.39 Å². The highest BCUT2D eigenvalue weighted by atomic mass is 32.2. The lowest BCUT2D eigenvalue weighted by Crippen LogP contribution is -2.16. The third kappa shape index (κ3) is 2.69. The number of benzene rings is 2. The maximum atomic E-state index is 13.7. The third-order valence-electron chi connectivity index (χ3n) is 3.38. The van der Waals surface area contributed by atoms with Crippen LogP contribution in [0.3, 0.4) is 0 Å². The Labute approximate surface area is 139 Å². The second-order valence-corrected chi connectivity index (χ2v) is 6.14. The van der Waals surface area contributed by atoms with Crippen LogP contribution in [0.25, 0.3) is 0 Å². The van der Waals surface area contributed by atoms with Crippen LogP contribution in [0, 0.1) is 29.5 Å². The van der Waals surface area contributed by atoms with Gasteiger partial charge in [-0.3, -0.25) is 0 Å². The summed E-state index contributed by atoms with van der Waals surface area (Å²) in [5, 5.41) is 15.3. The van der Waals surface area contributed by atoms with Crippen LogP contribution < -0.4 is 4.74 Å². The highest BCUT2D eigenvalue weighted by molar-refractivity contribution is 8.00. The standard InChI is InChI=1S/C17H8F3NO2S/c1-2-12-13(23-11-6-9(8-21)5-10(18)7-11)3-4-14-15(12)16(22)17(19,20)24-14/h1,3-7,16,22H. The lowest BCUT2D eigenvalue weighted by atomic mass is 10.0. The predicted octanol–water partition coefficient (Wildman–Crippen LogP) is 4.20. The topological polar surface area (TPSA) is 53.2 Å². The molecule has 0 saturated heterocycles. The molecule has 1 aliphatic rings. The zero-order valence-electron chi connectivity index (χ0n) is 11.9. The van der Waals surface area contributed by atoms with Gasteiger partial charge in [0.1, 0.15) is 17.3 Å². The molecule has 0 aromatic heterocycles. The lowest BCUT2D eigenvalue weighted by Gasteiger charge is -2.15. The highest BCUT2D eigenvalue weighted by Gasteiger charge is 2.49. The summed E-state index contributed by atoms with van der Waals surface area (Å²) in [5.74, 6) is 1.56. The van der Waals surface area contributed by atoms with Gasteiger partial charge in [0.15, 0.2) is 6.10 Å². The quantitative estimate of drug-likeness (QED) is 0.827. The van der Waals surface area contributed by atoms with Crippen molar-refractivity contribution in [2.45, 2.75) is 16.3 Å². The van der Waals surface area contributed by atoms with E-state index in [2.05, 4.69) is 5.92 Å². The largest absolute Gasteiger partial charge is 0.456 e. The maximum Gasteiger partial charge on any atom is 0.327 e. The van der Waals surface area contributed by atoms with Gasteiger partial charge >= 0.3 is 5.25 Å². The maximum absolute atomic E-state index is 13.7. The number of terminal acetylenes is 1. The van der Waals surface area contributed by atoms with Crippen molar-refractivity contribution in [3.8, 4) is 29.9 Å². The molecular formula is C17H8F3NO2S. The van der Waals surface area contributed by atoms with E-state index in [1.807, 2.05) is 0 Å². The number of thioether (sulfide) groups is 1. The molecule has 1 atom stereocenters. The molecule has 7 heteroatoms. The summed E-state index contributed by atoms with van der Waals surface area (Å²) in [6, 6.07) is 7.85. The van der Waals surface area contributed by atoms with Crippen LogP contribution in [0.4, 0.5) is 13.2 Å². The number of aliphatic hydroxyl groups is 1. The van der Waals surface area contributed by atoms with Gasteiger partial charge in [-0.1, -0.05) is 5.92 Å². The predicted molar refractivity (Wildman–Crippen MR) is 81.3 cm³/mol. The van der Waals surface area contributed by atoms with E-state index in [1.54, 1.807) is 6.07 Å². The zero-order chi connectivity index (χ0) is 17.5. The summed E-state index contributed by atoms with van der Waals surface area (Å²) >= 11 is 0.217. The van der Waals surface area contributed by atoms with Crippen molar-refractivity contribution in [3.05, 3.63) is 52.8 Å². The highest BCUT2D eigenvalue weighted by Crippen LogP contribution is 2.56. The minimum atomic E-state index is -3.39. The van der Waals surface area contributed by atoms with E-state index in [0.717, 1.165) is 12.1 Å². The van der Waals surface area contributed by atoms with Crippen LogP contribution in [0.5, 0.6) is 11.5 Å². The minimum Gasteiger partial charge on any atom is -0.456 e. The average Bonchev–Trinajstić information content (AvgIpc) is 2.77. The number of fused-ring (bicyclic) bond motifs is 1. The Morgan fingerprint density at radius 1 is 1.29 bits per heavy atom. The van der Waals surface area contributed by atoms with Gasteiger partial charge in [-0.15, -0.1) is 6.42 Å². The molecule has 2 aromatic rings. The van der Waals surface area contributed by atoms with Crippen LogP contribution in [0.15, 0.2) is 35.2 Å². The van der Waals surface area contributed by atoms with Gasteiger partial charge < -0.3 is 9.84 Å². The molecule has 0 radical (unpaired) electrons. The van der Waals surface area contributed by atoms with Gasteiger partial charge in [0.25, 0.3) is 0 Å². The normalized spacial score (nSPS) is 17.7. The fraction of sp³-hybridized carbons (Fsp3) is 0.118. The number of halogens is 3. The van der Waals surface area contributed by atoms with Crippen LogP contribution in [-0.2, 0) is 0 Å². The van der Waals surface area contributed by atoms with E-state index in [-0.39, 0.29) is 44.8 Å². The molecule has 3 rings (SSSR count). The molecule has 1 N–H and O–H groups in total. The summed E-state index contributed by atoms with van der Waals surface area (Å²) < 4.78 is 46.3. The summed E-state index contributed by atoms with van der Waals surface area (Å²) in [6.45, 7) is 0. The number of alkyl halides is 2. The number of hydrogen-bond donors (Lipinski definition) is 1. The van der Waals surface area contributed by atoms with Crippen molar-refractivity contribution < 1.29 is 23.0 Å². The van der Waals surface area contributed by atoms with E-state index >= 15 is 0 Å². The summed E-state index contributed by atoms with van der Waals surface area (Å²) in [4.78, 5) is 0.157. The number of aliphatic hydroxyl groups excluding tert-OH is 1. The van der Waals surface area contributed by atoms with Gasteiger partial charge in [0.05, 0.1) is 17.2 Å². The minimum absolute atomic E-state index is 0.00472. The van der Waals surface area contributed by atoms with Crippen molar-refractivity contribution in [1.29, 1.82) is 5.26 Å². The molecule has 1 unspecified atom stereocenters. The Morgan fingerprint density at radius 2 is 2.04 bits per heavy atom. The fourth-order valence-corrected chi connectivity index (χ4v) is 3.34. The Hall–Kier alpha value is -2.61. The van der Waals surface area contributed by atoms with Crippen LogP contribution in [0.2, 0.25) is 0 Å². The Balaban J connectivity index is 2.06. The Bertz CT molecular complexity index is 915. The molecule has 3 nitrogen and oxygen atoms in total. The number of rotatable bonds is 2. The van der Waals surface area contributed by atoms with Crippen molar-refractivity contribution >= 4 is 11.8 Å². The summed E-state index contributed by atoms with van der Waals surface area (Å²) in [6.07, 6.45) is 3.33. The smallest absolute Gasteiger partial charge is 0.327 e. The molecule has 0 saturated carbocycles. The van der Waals surface area contributed by atoms with Gasteiger partial charge in [0, 0.05) is 16.5 Å². The average molecular weight is 347 g/mol. The second-order valence-electron chi connectivity index (χ2n) is 4.95. The van der Waals surface area contributed by atoms with E-state index in [4.69, 9.17) is 16.4 Å². The molecule has 0 fully saturated rings. The van der Waals surface area contributed by atoms with Crippen molar-refractivity contribution in [2.24, 2.45) is 0 Å². The van der Waals surface area contributed by atoms with Crippen molar-refractivity contribution in [1.82, 2.24) is 0 Å². The number of hydrogen-bond acceptors (Lipinski definition) is 4. The molecule has 0 spiro atoms. The first kappa shape index (κ1) is 16.3. The summed E-state index contributed by atoms with van der Waals surface area (Å²) in [7, 11) is 0. The number of ether oxygens (including phenoxy) is 1. The lowest BCUT2D eigenvalue weighted by molar-refractivity contribution is -0.0311. The van der Waals surface area contributed by atoms with Gasteiger partial charge in [-0.2, -0.15) is 14.0 Å². The van der Waals surface area contributed by atoms with E-state index in [0.29, 0.717) is 0 Å². The molecule has 0 aliphatic carbocycles. The van der Waals surface area contributed by atoms with E-state index in [9.17, 15) is 18.3 Å². The Kier molecular flexibility index (Phi) is 3.92. The number of nitrogens with zero attached hydrogens (tertiary/aromatic N) is 1. The molecular weight excluding hydrogens is 339 g/mol. The molecule has 1 heterocycles. The molecule has 0 amide bonds. The molecule has 120 valence electrons. The van der Waals surface area contributed by atoms with Gasteiger partial charge in [0.2, 0.25) is 0 Å². The molecule has 24 heavy (non-hydrogen) atoms. The molecule has 1 aliphatic heterocycles. The van der Waals surface area contributed by atoms with Crippen LogP contribution >= 0.6 is 11.8 Å². The van der Waals surface area contributed by atoms with Gasteiger partial charge in [-0.05, 0) is 36.0 Å². The van der Waals surface area contributed by atoms with Crippen LogP contribution in [-0.4, -0.2) is 10.4 Å². The molecule has 2 aromatic carbocycles. The third-order valence-corrected chi connectivity index (χ3v) is 4.45. The van der Waals surface area contributed by atoms with Crippen LogP contribution in [0.1, 0.15) is 22.8 Å². The SMILES string of the molecule is C#Cc1c(Oc2cc(F)cc(C#N)c2)ccc2c1C(O)C(F)(F)S2. The van der Waals surface area contributed by atoms with Crippen molar-refractivity contribution in [2.75, 3.05) is 0 Å². The first-order valence-electron chi connectivity index (χ1n) is 6.62. The fourth-order valence-electron chi connectivity index (χ4n) is 2.36. The molecule has 0 bridgehead atoms. The Morgan fingerprint density at radius 3 is 2.71 bits per heavy atom.